The number of methoxy groups -OCH3 is 1. The number of hydrogen-bond acceptors (Lipinski definition) is 8. The van der Waals surface area contributed by atoms with Crippen LogP contribution in [0.25, 0.3) is 10.1 Å². The van der Waals surface area contributed by atoms with Crippen molar-refractivity contribution < 1.29 is 19.2 Å². The number of fused-ring (bicyclic) bond motifs is 1. The van der Waals surface area contributed by atoms with Crippen molar-refractivity contribution in [2.24, 2.45) is 0 Å². The van der Waals surface area contributed by atoms with Crippen LogP contribution in [0.5, 0.6) is 0 Å². The minimum Gasteiger partial charge on any atom is -0.465 e. The highest BCUT2D eigenvalue weighted by Crippen LogP contribution is 2.38. The molecule has 3 aromatic rings. The van der Waals surface area contributed by atoms with Gasteiger partial charge in [-0.2, -0.15) is 0 Å². The van der Waals surface area contributed by atoms with E-state index < -0.39 is 10.9 Å². The molecule has 0 spiro atoms. The number of nitrogens with one attached hydrogen (secondary N) is 1. The van der Waals surface area contributed by atoms with Crippen molar-refractivity contribution >= 4 is 84.3 Å². The maximum atomic E-state index is 13.2. The van der Waals surface area contributed by atoms with Crippen LogP contribution in [0.1, 0.15) is 37.4 Å². The Balaban J connectivity index is 1.44. The number of halogens is 1. The number of carbonyl (C=O) groups is 2. The number of anilines is 1. The maximum Gasteiger partial charge on any atom is 0.341 e. The number of nitro benzene ring substituents is 1. The number of thiocarbonyl (C=S) groups is 1. The molecule has 2 aromatic heterocycles. The molecule has 13 heteroatoms. The van der Waals surface area contributed by atoms with Gasteiger partial charge in [-0.15, -0.1) is 22.7 Å². The lowest BCUT2D eigenvalue weighted by atomic mass is 10.1. The predicted octanol–water partition coefficient (Wildman–Crippen LogP) is 5.34. The number of ether oxygens (including phenoxy) is 1. The molecule has 0 unspecified atom stereocenters. The van der Waals surface area contributed by atoms with Crippen molar-refractivity contribution in [1.29, 1.82) is 0 Å². The predicted molar refractivity (Wildman–Crippen MR) is 147 cm³/mol. The van der Waals surface area contributed by atoms with E-state index in [1.807, 2.05) is 18.7 Å². The molecular weight excluding hydrogens is 544 g/mol. The number of esters is 1. The Kier molecular flexibility index (Phi) is 7.79. The monoisotopic (exact) mass is 566 g/mol. The van der Waals surface area contributed by atoms with Gasteiger partial charge in [-0.3, -0.25) is 14.9 Å². The fraction of sp³-hybridized carbons (Fsp3) is 0.348. The van der Waals surface area contributed by atoms with E-state index in [4.69, 9.17) is 28.6 Å². The normalized spacial score (nSPS) is 13.7. The van der Waals surface area contributed by atoms with E-state index in [0.717, 1.165) is 21.8 Å². The molecule has 36 heavy (non-hydrogen) atoms. The molecule has 1 aliphatic rings. The van der Waals surface area contributed by atoms with Crippen LogP contribution in [0.2, 0.25) is 5.02 Å². The second-order valence-electron chi connectivity index (χ2n) is 8.08. The number of piperazine rings is 1. The van der Waals surface area contributed by atoms with Crippen molar-refractivity contribution in [2.45, 2.75) is 20.3 Å². The van der Waals surface area contributed by atoms with Crippen LogP contribution in [0.15, 0.2) is 18.2 Å². The molecule has 1 aromatic carbocycles. The Hall–Kier alpha value is -2.80. The number of benzene rings is 1. The summed E-state index contributed by atoms with van der Waals surface area (Å²) in [6, 6.07) is 4.39. The summed E-state index contributed by atoms with van der Waals surface area (Å²) in [5.74, 6) is -0.612. The lowest BCUT2D eigenvalue weighted by Crippen LogP contribution is -2.51. The molecule has 0 aliphatic carbocycles. The maximum absolute atomic E-state index is 13.2. The Morgan fingerprint density at radius 3 is 2.50 bits per heavy atom. The number of thiophene rings is 2. The summed E-state index contributed by atoms with van der Waals surface area (Å²) in [5.41, 5.74) is 1.41. The van der Waals surface area contributed by atoms with Gasteiger partial charge in [-0.05, 0) is 37.2 Å². The quantitative estimate of drug-likeness (QED) is 0.191. The highest BCUT2D eigenvalue weighted by Gasteiger charge is 2.29. The van der Waals surface area contributed by atoms with Gasteiger partial charge in [0.25, 0.3) is 11.6 Å². The minimum absolute atomic E-state index is 0.0450. The molecule has 190 valence electrons. The van der Waals surface area contributed by atoms with E-state index in [-0.39, 0.29) is 11.6 Å². The molecule has 1 saturated heterocycles. The van der Waals surface area contributed by atoms with Crippen molar-refractivity contribution in [3.8, 4) is 0 Å². The van der Waals surface area contributed by atoms with E-state index in [0.29, 0.717) is 68.3 Å². The number of non-ortho nitro benzene ring substituents is 1. The van der Waals surface area contributed by atoms with Gasteiger partial charge in [0.05, 0.1) is 22.6 Å². The summed E-state index contributed by atoms with van der Waals surface area (Å²) in [6.45, 7) is 5.82. The van der Waals surface area contributed by atoms with E-state index in [9.17, 15) is 19.7 Å². The lowest BCUT2D eigenvalue weighted by molar-refractivity contribution is -0.384. The van der Waals surface area contributed by atoms with Gasteiger partial charge in [-0.25, -0.2) is 4.79 Å². The summed E-state index contributed by atoms with van der Waals surface area (Å²) in [7, 11) is 1.36. The first-order valence-electron chi connectivity index (χ1n) is 11.1. The zero-order valence-electron chi connectivity index (χ0n) is 19.8. The number of nitrogens with zero attached hydrogens (tertiary/aromatic N) is 3. The van der Waals surface area contributed by atoms with E-state index >= 15 is 0 Å². The molecule has 0 radical (unpaired) electrons. The van der Waals surface area contributed by atoms with E-state index in [1.165, 1.54) is 30.6 Å². The van der Waals surface area contributed by atoms with Crippen LogP contribution in [-0.4, -0.2) is 65.0 Å². The smallest absolute Gasteiger partial charge is 0.341 e. The number of rotatable bonds is 5. The number of aryl methyl sites for hydroxylation is 1. The SMILES string of the molecule is CCc1c(C)sc(NC(=S)N2CCN(C(=O)c3sc4cc([N+](=O)[O-])ccc4c3Cl)CC2)c1C(=O)OC. The van der Waals surface area contributed by atoms with Crippen LogP contribution in [0.4, 0.5) is 10.7 Å². The second-order valence-corrected chi connectivity index (χ2v) is 11.1. The van der Waals surface area contributed by atoms with Crippen LogP contribution < -0.4 is 5.32 Å². The average Bonchev–Trinajstić information content (AvgIpc) is 3.38. The van der Waals surface area contributed by atoms with Crippen LogP contribution >= 0.6 is 46.5 Å². The first kappa shape index (κ1) is 26.3. The van der Waals surface area contributed by atoms with Gasteiger partial charge in [0.1, 0.15) is 9.88 Å². The summed E-state index contributed by atoms with van der Waals surface area (Å²) >= 11 is 14.7. The third-order valence-corrected chi connectivity index (χ3v) is 9.11. The summed E-state index contributed by atoms with van der Waals surface area (Å²) in [4.78, 5) is 41.2. The lowest BCUT2D eigenvalue weighted by Gasteiger charge is -2.36. The van der Waals surface area contributed by atoms with Crippen LogP contribution in [0, 0.1) is 17.0 Å². The Labute approximate surface area is 225 Å². The van der Waals surface area contributed by atoms with Crippen LogP contribution in [0.3, 0.4) is 0 Å². The molecule has 0 atom stereocenters. The summed E-state index contributed by atoms with van der Waals surface area (Å²) in [5, 5.41) is 16.4. The molecular formula is C23H23ClN4O5S3. The second kappa shape index (κ2) is 10.7. The van der Waals surface area contributed by atoms with E-state index in [1.54, 1.807) is 11.0 Å². The van der Waals surface area contributed by atoms with Gasteiger partial charge >= 0.3 is 5.97 Å². The third kappa shape index (κ3) is 4.90. The first-order chi connectivity index (χ1) is 17.2. The van der Waals surface area contributed by atoms with Gasteiger partial charge in [0.2, 0.25) is 0 Å². The average molecular weight is 567 g/mol. The molecule has 3 heterocycles. The molecule has 1 amide bonds. The summed E-state index contributed by atoms with van der Waals surface area (Å²) < 4.78 is 5.57. The Morgan fingerprint density at radius 2 is 1.89 bits per heavy atom. The number of nitro groups is 1. The number of amides is 1. The van der Waals surface area contributed by atoms with Crippen molar-refractivity contribution in [1.82, 2.24) is 9.80 Å². The fourth-order valence-corrected chi connectivity index (χ4v) is 7.14. The highest BCUT2D eigenvalue weighted by molar-refractivity contribution is 7.80. The van der Waals surface area contributed by atoms with Crippen molar-refractivity contribution in [3.63, 3.8) is 0 Å². The Bertz CT molecular complexity index is 1380. The molecule has 0 bridgehead atoms. The topological polar surface area (TPSA) is 105 Å². The standard InChI is InChI=1S/C23H23ClN4O5S3/c1-4-14-12(2)35-20(17(14)22(30)33-3)25-23(34)27-9-7-26(8-10-27)21(29)19-18(24)15-6-5-13(28(31)32)11-16(15)36-19/h5-6,11H,4,7-10H2,1-3H3,(H,25,34). The number of carbonyl (C=O) groups excluding carboxylic acids is 2. The molecule has 1 fully saturated rings. The first-order valence-corrected chi connectivity index (χ1v) is 13.5. The zero-order chi connectivity index (χ0) is 26.1. The van der Waals surface area contributed by atoms with Gasteiger partial charge in [0, 0.05) is 53.3 Å². The molecule has 4 rings (SSSR count). The molecule has 9 nitrogen and oxygen atoms in total. The third-order valence-electron chi connectivity index (χ3n) is 6.04. The summed E-state index contributed by atoms with van der Waals surface area (Å²) in [6.07, 6.45) is 0.704. The zero-order valence-corrected chi connectivity index (χ0v) is 23.0. The van der Waals surface area contributed by atoms with Gasteiger partial charge in [-0.1, -0.05) is 18.5 Å². The number of hydrogen-bond donors (Lipinski definition) is 1. The van der Waals surface area contributed by atoms with Crippen LogP contribution in [-0.2, 0) is 11.2 Å². The van der Waals surface area contributed by atoms with E-state index in [2.05, 4.69) is 5.32 Å². The molecule has 1 aliphatic heterocycles. The largest absolute Gasteiger partial charge is 0.465 e. The fourth-order valence-electron chi connectivity index (χ4n) is 4.15. The van der Waals surface area contributed by atoms with Gasteiger partial charge in [0.15, 0.2) is 5.11 Å². The van der Waals surface area contributed by atoms with Crippen molar-refractivity contribution in [2.75, 3.05) is 38.6 Å². The molecule has 0 saturated carbocycles. The minimum atomic E-state index is -0.473. The highest BCUT2D eigenvalue weighted by atomic mass is 35.5. The van der Waals surface area contributed by atoms with Crippen molar-refractivity contribution in [3.05, 3.63) is 54.2 Å². The Morgan fingerprint density at radius 1 is 1.22 bits per heavy atom. The molecule has 1 N–H and O–H groups in total. The van der Waals surface area contributed by atoms with Gasteiger partial charge < -0.3 is 19.9 Å².